The van der Waals surface area contributed by atoms with Crippen LogP contribution in [-0.4, -0.2) is 18.3 Å². The van der Waals surface area contributed by atoms with E-state index in [1.807, 2.05) is 61.5 Å². The number of carbonyl (C=O) groups excluding carboxylic acids is 1. The number of nitrogens with zero attached hydrogens (tertiary/aromatic N) is 1. The number of carbonyl (C=O) groups is 1. The summed E-state index contributed by atoms with van der Waals surface area (Å²) in [6.45, 7) is 5.92. The van der Waals surface area contributed by atoms with Gasteiger partial charge in [0.2, 0.25) is 5.91 Å². The highest BCUT2D eigenvalue weighted by molar-refractivity contribution is 7.90. The molecule has 0 spiro atoms. The van der Waals surface area contributed by atoms with Gasteiger partial charge in [-0.3, -0.25) is 4.79 Å². The number of allylic oxidation sites excluding steroid dienone is 1. The van der Waals surface area contributed by atoms with Crippen LogP contribution in [0.2, 0.25) is 0 Å². The van der Waals surface area contributed by atoms with Crippen LogP contribution in [0.3, 0.4) is 0 Å². The first-order valence-electron chi connectivity index (χ1n) is 11.6. The average molecular weight is 495 g/mol. The van der Waals surface area contributed by atoms with Crippen molar-refractivity contribution in [2.45, 2.75) is 23.7 Å². The normalized spacial score (nSPS) is 13.5. The number of aromatic nitrogens is 1. The van der Waals surface area contributed by atoms with Gasteiger partial charge in [0.05, 0.1) is 16.3 Å². The van der Waals surface area contributed by atoms with Crippen molar-refractivity contribution in [3.8, 4) is 0 Å². The molecule has 0 saturated heterocycles. The summed E-state index contributed by atoms with van der Waals surface area (Å²) in [5.74, 6) is -1.77. The summed E-state index contributed by atoms with van der Waals surface area (Å²) >= 11 is 0. The lowest BCUT2D eigenvalue weighted by atomic mass is 9.80. The molecule has 0 fully saturated rings. The molecule has 0 bridgehead atoms. The highest BCUT2D eigenvalue weighted by Crippen LogP contribution is 2.40. The molecule has 0 aliphatic heterocycles. The average Bonchev–Trinajstić information content (AvgIpc) is 3.27. The Labute approximate surface area is 210 Å². The van der Waals surface area contributed by atoms with E-state index >= 15 is 0 Å². The minimum Gasteiger partial charge on any atom is -0.369 e. The van der Waals surface area contributed by atoms with Crippen LogP contribution >= 0.6 is 0 Å². The molecule has 0 aliphatic carbocycles. The summed E-state index contributed by atoms with van der Waals surface area (Å²) in [6, 6.07) is 27.7. The highest BCUT2D eigenvalue weighted by Gasteiger charge is 2.31. The topological polar surface area (TPSA) is 82.2 Å². The van der Waals surface area contributed by atoms with Gasteiger partial charge in [-0.1, -0.05) is 84.4 Å². The predicted molar refractivity (Wildman–Crippen MR) is 145 cm³/mol. The second-order valence-corrected chi connectivity index (χ2v) is 10.8. The van der Waals surface area contributed by atoms with E-state index in [-0.39, 0.29) is 4.90 Å². The number of benzene rings is 4. The van der Waals surface area contributed by atoms with E-state index in [1.165, 1.54) is 3.97 Å². The standard InChI is InChI=1S/C30H26N2O3S/c1-3-25(29(30(31)33)23-15-14-21-8-4-5-9-22(21)18-23)27-19-32(28-11-7-6-10-26(27)28)36(34,35)24-16-12-20(2)13-17-24/h3-19,25,29H,1H2,2H3,(H2,31,33)/t25-,29-/m0/s1. The molecular formula is C30H26N2O3S. The van der Waals surface area contributed by atoms with Gasteiger partial charge >= 0.3 is 0 Å². The number of para-hydroxylation sites is 1. The zero-order valence-corrected chi connectivity index (χ0v) is 20.7. The Bertz CT molecular complexity index is 1720. The van der Waals surface area contributed by atoms with Gasteiger partial charge in [-0.2, -0.15) is 0 Å². The van der Waals surface area contributed by atoms with Crippen molar-refractivity contribution in [3.63, 3.8) is 0 Å². The summed E-state index contributed by atoms with van der Waals surface area (Å²) in [7, 11) is -3.88. The van der Waals surface area contributed by atoms with Crippen LogP contribution in [0.1, 0.15) is 28.5 Å². The third kappa shape index (κ3) is 3.99. The molecule has 0 radical (unpaired) electrons. The van der Waals surface area contributed by atoms with E-state index in [0.29, 0.717) is 11.1 Å². The smallest absolute Gasteiger partial charge is 0.268 e. The first-order valence-corrected chi connectivity index (χ1v) is 13.1. The fourth-order valence-corrected chi connectivity index (χ4v) is 6.23. The molecule has 0 saturated carbocycles. The molecule has 1 aromatic heterocycles. The third-order valence-corrected chi connectivity index (χ3v) is 8.39. The van der Waals surface area contributed by atoms with Crippen LogP contribution in [0, 0.1) is 6.92 Å². The molecule has 0 aliphatic rings. The number of hydrogen-bond donors (Lipinski definition) is 1. The number of amides is 1. The molecule has 1 amide bonds. The van der Waals surface area contributed by atoms with Crippen LogP contribution in [0.5, 0.6) is 0 Å². The number of primary amides is 1. The quantitative estimate of drug-likeness (QED) is 0.287. The largest absolute Gasteiger partial charge is 0.369 e. The first-order chi connectivity index (χ1) is 17.3. The second-order valence-electron chi connectivity index (χ2n) is 8.96. The Balaban J connectivity index is 1.69. The number of fused-ring (bicyclic) bond motifs is 2. The Morgan fingerprint density at radius 2 is 1.58 bits per heavy atom. The molecular weight excluding hydrogens is 468 g/mol. The SMILES string of the molecule is C=C[C@@H](c1cn(S(=O)(=O)c2ccc(C)cc2)c2ccccc12)[C@@H](C(N)=O)c1ccc2ccccc2c1. The van der Waals surface area contributed by atoms with Crippen molar-refractivity contribution in [3.05, 3.63) is 127 Å². The number of hydrogen-bond acceptors (Lipinski definition) is 3. The van der Waals surface area contributed by atoms with Gasteiger partial charge in [0.1, 0.15) is 0 Å². The molecule has 6 heteroatoms. The van der Waals surface area contributed by atoms with Crippen LogP contribution in [0.25, 0.3) is 21.7 Å². The van der Waals surface area contributed by atoms with Crippen molar-refractivity contribution >= 4 is 37.6 Å². The summed E-state index contributed by atoms with van der Waals surface area (Å²) in [5.41, 5.74) is 8.89. The molecule has 2 N–H and O–H groups in total. The lowest BCUT2D eigenvalue weighted by Crippen LogP contribution is -2.26. The van der Waals surface area contributed by atoms with E-state index in [2.05, 4.69) is 6.58 Å². The summed E-state index contributed by atoms with van der Waals surface area (Å²) in [5, 5.41) is 2.78. The number of rotatable bonds is 7. The third-order valence-electron chi connectivity index (χ3n) is 6.70. The lowest BCUT2D eigenvalue weighted by molar-refractivity contribution is -0.119. The molecule has 5 rings (SSSR count). The lowest BCUT2D eigenvalue weighted by Gasteiger charge is -2.22. The molecule has 36 heavy (non-hydrogen) atoms. The Morgan fingerprint density at radius 3 is 2.28 bits per heavy atom. The fraction of sp³-hybridized carbons (Fsp3) is 0.100. The zero-order valence-electron chi connectivity index (χ0n) is 19.8. The van der Waals surface area contributed by atoms with E-state index in [1.54, 1.807) is 48.7 Å². The second kappa shape index (κ2) is 9.13. The van der Waals surface area contributed by atoms with Crippen molar-refractivity contribution in [1.82, 2.24) is 3.97 Å². The Kier molecular flexibility index (Phi) is 5.98. The molecule has 2 atom stereocenters. The summed E-state index contributed by atoms with van der Waals surface area (Å²) in [6.07, 6.45) is 3.28. The zero-order chi connectivity index (χ0) is 25.4. The van der Waals surface area contributed by atoms with Gasteiger partial charge in [0.25, 0.3) is 10.0 Å². The molecule has 180 valence electrons. The van der Waals surface area contributed by atoms with E-state index in [4.69, 9.17) is 5.73 Å². The van der Waals surface area contributed by atoms with Gasteiger partial charge < -0.3 is 5.73 Å². The van der Waals surface area contributed by atoms with Gasteiger partial charge in [0, 0.05) is 17.5 Å². The Morgan fingerprint density at radius 1 is 0.917 bits per heavy atom. The maximum atomic E-state index is 13.6. The van der Waals surface area contributed by atoms with Crippen molar-refractivity contribution in [2.24, 2.45) is 5.73 Å². The number of nitrogens with two attached hydrogens (primary N) is 1. The molecule has 5 aromatic rings. The predicted octanol–water partition coefficient (Wildman–Crippen LogP) is 5.88. The van der Waals surface area contributed by atoms with E-state index in [0.717, 1.165) is 27.3 Å². The fourth-order valence-electron chi connectivity index (χ4n) is 4.86. The van der Waals surface area contributed by atoms with E-state index in [9.17, 15) is 13.2 Å². The molecule has 4 aromatic carbocycles. The van der Waals surface area contributed by atoms with Gasteiger partial charge in [0.15, 0.2) is 0 Å². The van der Waals surface area contributed by atoms with Crippen molar-refractivity contribution < 1.29 is 13.2 Å². The molecule has 0 unspecified atom stereocenters. The van der Waals surface area contributed by atoms with Gasteiger partial charge in [-0.15, -0.1) is 6.58 Å². The maximum absolute atomic E-state index is 13.6. The minimum absolute atomic E-state index is 0.191. The highest BCUT2D eigenvalue weighted by atomic mass is 32.2. The molecule has 1 heterocycles. The number of aryl methyl sites for hydroxylation is 1. The van der Waals surface area contributed by atoms with Crippen LogP contribution < -0.4 is 5.73 Å². The summed E-state index contributed by atoms with van der Waals surface area (Å²) < 4.78 is 28.6. The first kappa shape index (κ1) is 23.6. The van der Waals surface area contributed by atoms with Crippen LogP contribution in [0.4, 0.5) is 0 Å². The van der Waals surface area contributed by atoms with Crippen LogP contribution in [0.15, 0.2) is 115 Å². The van der Waals surface area contributed by atoms with Crippen molar-refractivity contribution in [2.75, 3.05) is 0 Å². The maximum Gasteiger partial charge on any atom is 0.268 e. The minimum atomic E-state index is -3.88. The Hall–Kier alpha value is -4.16. The van der Waals surface area contributed by atoms with Crippen LogP contribution in [-0.2, 0) is 14.8 Å². The van der Waals surface area contributed by atoms with Crippen molar-refractivity contribution in [1.29, 1.82) is 0 Å². The monoisotopic (exact) mass is 494 g/mol. The molecule has 5 nitrogen and oxygen atoms in total. The summed E-state index contributed by atoms with van der Waals surface area (Å²) in [4.78, 5) is 13.0. The van der Waals surface area contributed by atoms with E-state index < -0.39 is 27.8 Å². The van der Waals surface area contributed by atoms with Gasteiger partial charge in [-0.05, 0) is 47.0 Å². The van der Waals surface area contributed by atoms with Gasteiger partial charge in [-0.25, -0.2) is 12.4 Å².